The van der Waals surface area contributed by atoms with Gasteiger partial charge in [-0.15, -0.1) is 11.3 Å². The zero-order valence-corrected chi connectivity index (χ0v) is 18.4. The number of amides is 2. The minimum Gasteiger partial charge on any atom is -0.491 e. The van der Waals surface area contributed by atoms with E-state index in [4.69, 9.17) is 4.74 Å². The van der Waals surface area contributed by atoms with Crippen LogP contribution >= 0.6 is 11.3 Å². The van der Waals surface area contributed by atoms with Crippen molar-refractivity contribution in [1.82, 2.24) is 4.98 Å². The topological polar surface area (TPSA) is 71.5 Å². The number of carbonyl (C=O) groups excluding carboxylic acids is 2. The molecule has 2 aromatic carbocycles. The van der Waals surface area contributed by atoms with Crippen LogP contribution in [0.5, 0.6) is 5.75 Å². The van der Waals surface area contributed by atoms with Crippen molar-refractivity contribution in [3.05, 3.63) is 71.7 Å². The number of nitrogens with one attached hydrogen (secondary N) is 1. The lowest BCUT2D eigenvalue weighted by Crippen LogP contribution is -2.22. The van der Waals surface area contributed by atoms with E-state index in [-0.39, 0.29) is 11.8 Å². The highest BCUT2D eigenvalue weighted by molar-refractivity contribution is 7.14. The van der Waals surface area contributed by atoms with Crippen LogP contribution in [0.25, 0.3) is 6.08 Å². The van der Waals surface area contributed by atoms with Gasteiger partial charge in [-0.1, -0.05) is 43.7 Å². The van der Waals surface area contributed by atoms with Crippen molar-refractivity contribution in [2.24, 2.45) is 0 Å². The van der Waals surface area contributed by atoms with Crippen LogP contribution in [0.3, 0.4) is 0 Å². The minimum atomic E-state index is -0.285. The van der Waals surface area contributed by atoms with E-state index >= 15 is 0 Å². The van der Waals surface area contributed by atoms with E-state index in [2.05, 4.69) is 17.2 Å². The SMILES string of the molecule is CCCCOc1ccccc1NC(=O)C=Cc1csc(N(C(C)=O)c2ccccc2)n1. The summed E-state index contributed by atoms with van der Waals surface area (Å²) >= 11 is 1.34. The summed E-state index contributed by atoms with van der Waals surface area (Å²) in [6.07, 6.45) is 5.04. The molecule has 3 rings (SSSR count). The lowest BCUT2D eigenvalue weighted by molar-refractivity contribution is -0.116. The van der Waals surface area contributed by atoms with Crippen LogP contribution in [-0.2, 0) is 9.59 Å². The molecule has 0 spiro atoms. The molecule has 2 amide bonds. The molecule has 0 aliphatic carbocycles. The largest absolute Gasteiger partial charge is 0.491 e. The number of unbranched alkanes of at least 4 members (excludes halogenated alkanes) is 1. The summed E-state index contributed by atoms with van der Waals surface area (Å²) in [5.74, 6) is 0.231. The van der Waals surface area contributed by atoms with Crippen molar-refractivity contribution in [1.29, 1.82) is 0 Å². The first kappa shape index (κ1) is 22.2. The van der Waals surface area contributed by atoms with Gasteiger partial charge in [0.1, 0.15) is 5.75 Å². The van der Waals surface area contributed by atoms with Crippen LogP contribution < -0.4 is 15.0 Å². The third-order valence-corrected chi connectivity index (χ3v) is 5.18. The van der Waals surface area contributed by atoms with Gasteiger partial charge in [0.25, 0.3) is 0 Å². The Balaban J connectivity index is 1.67. The number of nitrogens with zero attached hydrogens (tertiary/aromatic N) is 2. The van der Waals surface area contributed by atoms with Crippen molar-refractivity contribution in [2.75, 3.05) is 16.8 Å². The van der Waals surface area contributed by atoms with E-state index in [1.165, 1.54) is 24.3 Å². The number of carbonyl (C=O) groups is 2. The van der Waals surface area contributed by atoms with E-state index in [1.807, 2.05) is 48.5 Å². The highest BCUT2D eigenvalue weighted by Crippen LogP contribution is 2.29. The molecular formula is C24H25N3O3S. The van der Waals surface area contributed by atoms with Crippen molar-refractivity contribution in [3.63, 3.8) is 0 Å². The molecule has 0 bridgehead atoms. The Morgan fingerprint density at radius 2 is 1.87 bits per heavy atom. The molecule has 0 unspecified atom stereocenters. The molecule has 1 N–H and O–H groups in total. The molecule has 1 heterocycles. The summed E-state index contributed by atoms with van der Waals surface area (Å²) in [5, 5.41) is 5.20. The van der Waals surface area contributed by atoms with Gasteiger partial charge in [-0.25, -0.2) is 4.98 Å². The van der Waals surface area contributed by atoms with Crippen LogP contribution in [0, 0.1) is 0 Å². The van der Waals surface area contributed by atoms with Crippen molar-refractivity contribution in [3.8, 4) is 5.75 Å². The van der Waals surface area contributed by atoms with E-state index < -0.39 is 0 Å². The van der Waals surface area contributed by atoms with Crippen LogP contribution in [0.4, 0.5) is 16.5 Å². The molecule has 7 heteroatoms. The molecule has 0 saturated heterocycles. The molecule has 0 atom stereocenters. The zero-order chi connectivity index (χ0) is 22.1. The third kappa shape index (κ3) is 6.26. The maximum Gasteiger partial charge on any atom is 0.248 e. The van der Waals surface area contributed by atoms with E-state index in [1.54, 1.807) is 22.4 Å². The van der Waals surface area contributed by atoms with E-state index in [0.29, 0.717) is 28.9 Å². The first-order valence-corrected chi connectivity index (χ1v) is 11.0. The zero-order valence-electron chi connectivity index (χ0n) is 17.6. The van der Waals surface area contributed by atoms with Crippen molar-refractivity contribution < 1.29 is 14.3 Å². The number of aromatic nitrogens is 1. The molecule has 6 nitrogen and oxygen atoms in total. The van der Waals surface area contributed by atoms with Crippen LogP contribution in [0.1, 0.15) is 32.4 Å². The standard InChI is InChI=1S/C24H25N3O3S/c1-3-4-16-30-22-13-9-8-12-21(22)26-23(29)15-14-19-17-31-24(25-19)27(18(2)28)20-10-6-5-7-11-20/h5-15,17H,3-4,16H2,1-2H3,(H,26,29). The quantitative estimate of drug-likeness (QED) is 0.348. The normalized spacial score (nSPS) is 10.8. The van der Waals surface area contributed by atoms with Crippen molar-refractivity contribution >= 4 is 45.7 Å². The van der Waals surface area contributed by atoms with E-state index in [0.717, 1.165) is 18.5 Å². The molecule has 3 aromatic rings. The number of anilines is 3. The third-order valence-electron chi connectivity index (χ3n) is 4.34. The molecule has 31 heavy (non-hydrogen) atoms. The highest BCUT2D eigenvalue weighted by Gasteiger charge is 2.17. The fourth-order valence-corrected chi connectivity index (χ4v) is 3.67. The Labute approximate surface area is 186 Å². The average Bonchev–Trinajstić information content (AvgIpc) is 3.23. The van der Waals surface area contributed by atoms with Gasteiger partial charge in [-0.05, 0) is 36.8 Å². The predicted octanol–water partition coefficient (Wildman–Crippen LogP) is 5.66. The number of para-hydroxylation sites is 3. The summed E-state index contributed by atoms with van der Waals surface area (Å²) in [6, 6.07) is 16.7. The second-order valence-electron chi connectivity index (χ2n) is 6.77. The maximum absolute atomic E-state index is 12.4. The minimum absolute atomic E-state index is 0.131. The summed E-state index contributed by atoms with van der Waals surface area (Å²) in [5.41, 5.74) is 1.97. The number of hydrogen-bond donors (Lipinski definition) is 1. The van der Waals surface area contributed by atoms with Gasteiger partial charge in [-0.3, -0.25) is 14.5 Å². The average molecular weight is 436 g/mol. The first-order chi connectivity index (χ1) is 15.1. The summed E-state index contributed by atoms with van der Waals surface area (Å²) in [6.45, 7) is 4.20. The molecule has 1 aromatic heterocycles. The van der Waals surface area contributed by atoms with Gasteiger partial charge in [-0.2, -0.15) is 0 Å². The molecule has 0 aliphatic rings. The smallest absolute Gasteiger partial charge is 0.248 e. The number of ether oxygens (including phenoxy) is 1. The van der Waals surface area contributed by atoms with Gasteiger partial charge in [0, 0.05) is 18.4 Å². The van der Waals surface area contributed by atoms with Gasteiger partial charge in [0.2, 0.25) is 11.8 Å². The number of benzene rings is 2. The fraction of sp³-hybridized carbons (Fsp3) is 0.208. The Kier molecular flexibility index (Phi) is 7.95. The predicted molar refractivity (Wildman–Crippen MR) is 126 cm³/mol. The van der Waals surface area contributed by atoms with Gasteiger partial charge in [0.05, 0.1) is 23.7 Å². The second kappa shape index (κ2) is 11.1. The Morgan fingerprint density at radius 1 is 1.13 bits per heavy atom. The van der Waals surface area contributed by atoms with E-state index in [9.17, 15) is 9.59 Å². The molecule has 0 fully saturated rings. The number of hydrogen-bond acceptors (Lipinski definition) is 5. The monoisotopic (exact) mass is 435 g/mol. The van der Waals surface area contributed by atoms with Gasteiger partial charge >= 0.3 is 0 Å². The molecule has 0 aliphatic heterocycles. The van der Waals surface area contributed by atoms with Gasteiger partial charge < -0.3 is 10.1 Å². The fourth-order valence-electron chi connectivity index (χ4n) is 2.82. The lowest BCUT2D eigenvalue weighted by Gasteiger charge is -2.17. The molecule has 0 radical (unpaired) electrons. The number of rotatable bonds is 9. The Morgan fingerprint density at radius 3 is 2.61 bits per heavy atom. The molecule has 160 valence electrons. The van der Waals surface area contributed by atoms with Crippen LogP contribution in [-0.4, -0.2) is 23.4 Å². The van der Waals surface area contributed by atoms with Crippen LogP contribution in [0.15, 0.2) is 66.1 Å². The Hall–Kier alpha value is -3.45. The molecule has 0 saturated carbocycles. The maximum atomic E-state index is 12.4. The molecular weight excluding hydrogens is 410 g/mol. The Bertz CT molecular complexity index is 1050. The number of thiazole rings is 1. The van der Waals surface area contributed by atoms with Gasteiger partial charge in [0.15, 0.2) is 5.13 Å². The van der Waals surface area contributed by atoms with Crippen molar-refractivity contribution in [2.45, 2.75) is 26.7 Å². The summed E-state index contributed by atoms with van der Waals surface area (Å²) in [7, 11) is 0. The first-order valence-electron chi connectivity index (χ1n) is 10.1. The lowest BCUT2D eigenvalue weighted by atomic mass is 10.3. The summed E-state index contributed by atoms with van der Waals surface area (Å²) < 4.78 is 5.75. The van der Waals surface area contributed by atoms with Crippen LogP contribution in [0.2, 0.25) is 0 Å². The second-order valence-corrected chi connectivity index (χ2v) is 7.60. The highest BCUT2D eigenvalue weighted by atomic mass is 32.1. The summed E-state index contributed by atoms with van der Waals surface area (Å²) in [4.78, 5) is 30.6.